The molecule has 0 unspecified atom stereocenters. The number of amidine groups is 1. The molecule has 1 amide bonds. The fourth-order valence-corrected chi connectivity index (χ4v) is 4.13. The summed E-state index contributed by atoms with van der Waals surface area (Å²) in [7, 11) is 0. The molecule has 1 fully saturated rings. The zero-order valence-corrected chi connectivity index (χ0v) is 19.0. The van der Waals surface area contributed by atoms with Crippen LogP contribution in [0, 0.1) is 0 Å². The lowest BCUT2D eigenvalue weighted by Crippen LogP contribution is -2.19. The lowest BCUT2D eigenvalue weighted by molar-refractivity contribution is -0.115. The number of aliphatic imine (C=N–C) groups is 1. The summed E-state index contributed by atoms with van der Waals surface area (Å²) in [5.74, 6) is 0.525. The molecule has 3 aromatic rings. The molecule has 0 atom stereocenters. The normalized spacial score (nSPS) is 16.0. The van der Waals surface area contributed by atoms with Gasteiger partial charge in [0.25, 0.3) is 5.91 Å². The first-order valence-electron chi connectivity index (χ1n) is 9.18. The van der Waals surface area contributed by atoms with Gasteiger partial charge in [0.1, 0.15) is 12.4 Å². The van der Waals surface area contributed by atoms with E-state index in [9.17, 15) is 4.79 Å². The van der Waals surface area contributed by atoms with Gasteiger partial charge >= 0.3 is 0 Å². The third kappa shape index (κ3) is 5.83. The van der Waals surface area contributed by atoms with Gasteiger partial charge in [0.15, 0.2) is 5.17 Å². The number of hydrogen-bond donors (Lipinski definition) is 1. The summed E-state index contributed by atoms with van der Waals surface area (Å²) < 4.78 is 5.79. The quantitative estimate of drug-likeness (QED) is 0.388. The zero-order valence-electron chi connectivity index (χ0n) is 15.9. The fraction of sp³-hybridized carbons (Fsp3) is 0.0435. The molecule has 1 aliphatic rings. The van der Waals surface area contributed by atoms with Gasteiger partial charge in [0, 0.05) is 10.0 Å². The number of amides is 1. The summed E-state index contributed by atoms with van der Waals surface area (Å²) in [6.07, 6.45) is 1.80. The average Bonchev–Trinajstić information content (AvgIpc) is 3.09. The Labute approximate surface area is 198 Å². The van der Waals surface area contributed by atoms with Crippen LogP contribution in [0.1, 0.15) is 11.1 Å². The third-order valence-electron chi connectivity index (χ3n) is 4.28. The van der Waals surface area contributed by atoms with E-state index in [0.29, 0.717) is 37.4 Å². The van der Waals surface area contributed by atoms with Crippen LogP contribution >= 0.6 is 46.6 Å². The van der Waals surface area contributed by atoms with Crippen molar-refractivity contribution in [1.29, 1.82) is 0 Å². The number of hydrogen-bond acceptors (Lipinski definition) is 4. The molecule has 31 heavy (non-hydrogen) atoms. The first-order valence-corrected chi connectivity index (χ1v) is 11.1. The number of carbonyl (C=O) groups excluding carboxylic acids is 1. The predicted octanol–water partition coefficient (Wildman–Crippen LogP) is 7.12. The Morgan fingerprint density at radius 2 is 1.65 bits per heavy atom. The number of benzene rings is 3. The molecule has 4 nitrogen and oxygen atoms in total. The van der Waals surface area contributed by atoms with Crippen LogP contribution in [0.4, 0.5) is 5.69 Å². The minimum absolute atomic E-state index is 0.211. The smallest absolute Gasteiger partial charge is 0.264 e. The molecule has 1 saturated heterocycles. The topological polar surface area (TPSA) is 50.7 Å². The minimum Gasteiger partial charge on any atom is -0.489 e. The Morgan fingerprint density at radius 1 is 0.935 bits per heavy atom. The molecule has 1 aliphatic heterocycles. The second kappa shape index (κ2) is 9.79. The molecule has 0 spiro atoms. The molecular weight excluding hydrogens is 475 g/mol. The van der Waals surface area contributed by atoms with Crippen molar-refractivity contribution in [3.8, 4) is 5.75 Å². The molecule has 0 aliphatic carbocycles. The average molecular weight is 490 g/mol. The lowest BCUT2D eigenvalue weighted by atomic mass is 10.2. The first-order chi connectivity index (χ1) is 15.0. The van der Waals surface area contributed by atoms with E-state index in [1.54, 1.807) is 24.3 Å². The van der Waals surface area contributed by atoms with Gasteiger partial charge in [-0.2, -0.15) is 0 Å². The monoisotopic (exact) mass is 488 g/mol. The van der Waals surface area contributed by atoms with Crippen molar-refractivity contribution in [2.45, 2.75) is 6.61 Å². The molecule has 0 saturated carbocycles. The second-order valence-corrected chi connectivity index (χ2v) is 8.87. The number of ether oxygens (including phenoxy) is 1. The van der Waals surface area contributed by atoms with Crippen LogP contribution in [0.15, 0.2) is 76.6 Å². The van der Waals surface area contributed by atoms with E-state index in [2.05, 4.69) is 10.3 Å². The van der Waals surface area contributed by atoms with E-state index in [1.165, 1.54) is 11.8 Å². The third-order valence-corrected chi connectivity index (χ3v) is 5.98. The van der Waals surface area contributed by atoms with Crippen LogP contribution in [-0.2, 0) is 11.4 Å². The van der Waals surface area contributed by atoms with Crippen molar-refractivity contribution in [2.75, 3.05) is 0 Å². The van der Waals surface area contributed by atoms with Crippen LogP contribution in [0.25, 0.3) is 6.08 Å². The maximum atomic E-state index is 12.3. The summed E-state index contributed by atoms with van der Waals surface area (Å²) >= 11 is 19.2. The molecule has 8 heteroatoms. The van der Waals surface area contributed by atoms with E-state index >= 15 is 0 Å². The molecule has 0 aromatic heterocycles. The highest BCUT2D eigenvalue weighted by Crippen LogP contribution is 2.32. The summed E-state index contributed by atoms with van der Waals surface area (Å²) in [6.45, 7) is 0.447. The summed E-state index contributed by atoms with van der Waals surface area (Å²) in [4.78, 5) is 17.2. The summed E-state index contributed by atoms with van der Waals surface area (Å²) in [6, 6.07) is 20.0. The molecular formula is C23H15Cl3N2O2S. The van der Waals surface area contributed by atoms with Crippen molar-refractivity contribution >= 4 is 69.4 Å². The van der Waals surface area contributed by atoms with E-state index in [0.717, 1.165) is 16.9 Å². The van der Waals surface area contributed by atoms with Gasteiger partial charge < -0.3 is 10.1 Å². The van der Waals surface area contributed by atoms with E-state index in [4.69, 9.17) is 39.5 Å². The molecule has 0 bridgehead atoms. The van der Waals surface area contributed by atoms with Crippen LogP contribution in [0.2, 0.25) is 15.1 Å². The molecule has 1 N–H and O–H groups in total. The maximum Gasteiger partial charge on any atom is 0.264 e. The number of halogens is 3. The van der Waals surface area contributed by atoms with Gasteiger partial charge in [-0.3, -0.25) is 4.79 Å². The highest BCUT2D eigenvalue weighted by Gasteiger charge is 2.24. The lowest BCUT2D eigenvalue weighted by Gasteiger charge is -2.06. The van der Waals surface area contributed by atoms with Gasteiger partial charge in [-0.15, -0.1) is 0 Å². The number of nitrogens with one attached hydrogen (secondary N) is 1. The van der Waals surface area contributed by atoms with Crippen LogP contribution in [0.3, 0.4) is 0 Å². The Bertz CT molecular complexity index is 1180. The highest BCUT2D eigenvalue weighted by atomic mass is 35.5. The SMILES string of the molecule is O=C1NC(=Nc2ccc(Cl)cc2Cl)S/C1=C\c1ccc(OCc2ccc(Cl)cc2)cc1. The van der Waals surface area contributed by atoms with Gasteiger partial charge in [-0.05, 0) is 71.4 Å². The molecule has 3 aromatic carbocycles. The van der Waals surface area contributed by atoms with E-state index < -0.39 is 0 Å². The largest absolute Gasteiger partial charge is 0.489 e. The van der Waals surface area contributed by atoms with Crippen LogP contribution in [-0.4, -0.2) is 11.1 Å². The van der Waals surface area contributed by atoms with Gasteiger partial charge in [0.2, 0.25) is 0 Å². The number of thioether (sulfide) groups is 1. The first kappa shape index (κ1) is 21.8. The number of rotatable bonds is 5. The highest BCUT2D eigenvalue weighted by molar-refractivity contribution is 8.18. The number of nitrogens with zero attached hydrogens (tertiary/aromatic N) is 1. The maximum absolute atomic E-state index is 12.3. The second-order valence-electron chi connectivity index (χ2n) is 6.56. The van der Waals surface area contributed by atoms with Crippen LogP contribution < -0.4 is 10.1 Å². The van der Waals surface area contributed by atoms with Crippen molar-refractivity contribution in [1.82, 2.24) is 5.32 Å². The summed E-state index contributed by atoms with van der Waals surface area (Å²) in [5, 5.41) is 4.85. The Hall–Kier alpha value is -2.44. The van der Waals surface area contributed by atoms with Crippen molar-refractivity contribution in [3.05, 3.63) is 97.8 Å². The minimum atomic E-state index is -0.211. The van der Waals surface area contributed by atoms with Crippen LogP contribution in [0.5, 0.6) is 5.75 Å². The van der Waals surface area contributed by atoms with Gasteiger partial charge in [-0.1, -0.05) is 59.1 Å². The molecule has 156 valence electrons. The fourth-order valence-electron chi connectivity index (χ4n) is 2.72. The Morgan fingerprint density at radius 3 is 2.35 bits per heavy atom. The van der Waals surface area contributed by atoms with Crippen molar-refractivity contribution in [3.63, 3.8) is 0 Å². The Kier molecular flexibility index (Phi) is 6.88. The zero-order chi connectivity index (χ0) is 21.8. The van der Waals surface area contributed by atoms with E-state index in [1.807, 2.05) is 48.5 Å². The van der Waals surface area contributed by atoms with Gasteiger partial charge in [0.05, 0.1) is 15.6 Å². The summed E-state index contributed by atoms with van der Waals surface area (Å²) in [5.41, 5.74) is 2.45. The van der Waals surface area contributed by atoms with Gasteiger partial charge in [-0.25, -0.2) is 4.99 Å². The molecule has 1 heterocycles. The standard InChI is InChI=1S/C23H15Cl3N2O2S/c24-16-5-1-15(2-6-16)13-30-18-8-3-14(4-9-18)11-21-22(29)28-23(31-21)27-20-10-7-17(25)12-19(20)26/h1-12H,13H2,(H,27,28,29)/b21-11-. The number of carbonyl (C=O) groups is 1. The van der Waals surface area contributed by atoms with E-state index in [-0.39, 0.29) is 5.91 Å². The Balaban J connectivity index is 1.41. The van der Waals surface area contributed by atoms with Crippen molar-refractivity contribution < 1.29 is 9.53 Å². The predicted molar refractivity (Wildman–Crippen MR) is 129 cm³/mol. The van der Waals surface area contributed by atoms with Crippen molar-refractivity contribution in [2.24, 2.45) is 4.99 Å². The molecule has 4 rings (SSSR count). The molecule has 0 radical (unpaired) electrons.